The van der Waals surface area contributed by atoms with Crippen LogP contribution in [0.2, 0.25) is 0 Å². The van der Waals surface area contributed by atoms with Gasteiger partial charge in [0.25, 0.3) is 0 Å². The predicted molar refractivity (Wildman–Crippen MR) is 115 cm³/mol. The molecule has 2 aromatic carbocycles. The molecule has 4 aromatic rings. The van der Waals surface area contributed by atoms with Gasteiger partial charge < -0.3 is 10.6 Å². The molecule has 0 fully saturated rings. The molecule has 0 aliphatic rings. The van der Waals surface area contributed by atoms with E-state index >= 15 is 0 Å². The summed E-state index contributed by atoms with van der Waals surface area (Å²) < 4.78 is 0. The van der Waals surface area contributed by atoms with Gasteiger partial charge in [0.2, 0.25) is 0 Å². The van der Waals surface area contributed by atoms with E-state index in [1.165, 1.54) is 5.56 Å². The monoisotopic (exact) mass is 369 g/mol. The summed E-state index contributed by atoms with van der Waals surface area (Å²) in [5, 5.41) is 18.0. The Kier molecular flexibility index (Phi) is 5.43. The van der Waals surface area contributed by atoms with Crippen LogP contribution in [0.5, 0.6) is 0 Å². The molecule has 0 aliphatic carbocycles. The molecular weight excluding hydrogens is 346 g/mol. The Labute approximate surface area is 164 Å². The zero-order chi connectivity index (χ0) is 19.2. The number of aromatic nitrogens is 3. The number of pyridine rings is 1. The van der Waals surface area contributed by atoms with E-state index in [2.05, 4.69) is 56.1 Å². The number of hydrogen-bond donors (Lipinski definition) is 2. The van der Waals surface area contributed by atoms with Crippen molar-refractivity contribution in [3.05, 3.63) is 89.9 Å². The summed E-state index contributed by atoms with van der Waals surface area (Å²) >= 11 is 0. The van der Waals surface area contributed by atoms with Crippen molar-refractivity contribution in [3.8, 4) is 0 Å². The highest BCUT2D eigenvalue weighted by Crippen LogP contribution is 2.24. The minimum atomic E-state index is 0.743. The molecule has 0 aliphatic heterocycles. The first-order valence-corrected chi connectivity index (χ1v) is 9.48. The lowest BCUT2D eigenvalue weighted by Crippen LogP contribution is -2.15. The third-order valence-corrected chi connectivity index (χ3v) is 4.62. The summed E-state index contributed by atoms with van der Waals surface area (Å²) in [4.78, 5) is 4.27. The Morgan fingerprint density at radius 1 is 0.786 bits per heavy atom. The summed E-state index contributed by atoms with van der Waals surface area (Å²) in [5.41, 5.74) is 4.30. The molecule has 0 amide bonds. The summed E-state index contributed by atoms with van der Waals surface area (Å²) in [6.07, 6.45) is 2.59. The van der Waals surface area contributed by atoms with Gasteiger partial charge >= 0.3 is 0 Å². The van der Waals surface area contributed by atoms with E-state index < -0.39 is 0 Å². The molecule has 2 aromatic heterocycles. The lowest BCUT2D eigenvalue weighted by molar-refractivity contribution is 0.943. The van der Waals surface area contributed by atoms with Crippen molar-refractivity contribution >= 4 is 22.3 Å². The summed E-state index contributed by atoms with van der Waals surface area (Å²) in [7, 11) is 0. The third-order valence-electron chi connectivity index (χ3n) is 4.62. The molecule has 0 saturated carbocycles. The van der Waals surface area contributed by atoms with Crippen molar-refractivity contribution in [2.45, 2.75) is 13.3 Å². The molecule has 0 radical (unpaired) electrons. The zero-order valence-electron chi connectivity index (χ0n) is 15.9. The quantitative estimate of drug-likeness (QED) is 0.471. The van der Waals surface area contributed by atoms with Gasteiger partial charge in [-0.3, -0.25) is 4.98 Å². The standard InChI is InChI=1S/C23H23N5/c1-17-15-18(11-12-24-17)16-22-20-9-5-6-10-21(20)23(28-27-22)26-14-13-25-19-7-3-2-4-8-19/h2-12,15,25H,13-14,16H2,1H3,(H,26,28). The minimum absolute atomic E-state index is 0.743. The summed E-state index contributed by atoms with van der Waals surface area (Å²) in [5.74, 6) is 0.820. The minimum Gasteiger partial charge on any atom is -0.383 e. The smallest absolute Gasteiger partial charge is 0.156 e. The summed E-state index contributed by atoms with van der Waals surface area (Å²) in [6, 6.07) is 22.6. The first-order valence-electron chi connectivity index (χ1n) is 9.48. The van der Waals surface area contributed by atoms with Crippen LogP contribution >= 0.6 is 0 Å². The lowest BCUT2D eigenvalue weighted by atomic mass is 10.0. The molecule has 0 unspecified atom stereocenters. The van der Waals surface area contributed by atoms with Crippen molar-refractivity contribution in [1.29, 1.82) is 0 Å². The Hall–Kier alpha value is -3.47. The van der Waals surface area contributed by atoms with Crippen molar-refractivity contribution in [2.24, 2.45) is 0 Å². The number of rotatable bonds is 7. The molecule has 2 N–H and O–H groups in total. The second-order valence-electron chi connectivity index (χ2n) is 6.74. The van der Waals surface area contributed by atoms with Gasteiger partial charge in [-0.05, 0) is 36.8 Å². The molecule has 0 atom stereocenters. The van der Waals surface area contributed by atoms with Gasteiger partial charge in [-0.1, -0.05) is 42.5 Å². The highest BCUT2D eigenvalue weighted by Gasteiger charge is 2.09. The van der Waals surface area contributed by atoms with E-state index in [-0.39, 0.29) is 0 Å². The normalized spacial score (nSPS) is 10.8. The molecule has 5 nitrogen and oxygen atoms in total. The summed E-state index contributed by atoms with van der Waals surface area (Å²) in [6.45, 7) is 3.57. The molecule has 5 heteroatoms. The molecule has 2 heterocycles. The topological polar surface area (TPSA) is 62.7 Å². The van der Waals surface area contributed by atoms with Crippen LogP contribution in [0.3, 0.4) is 0 Å². The van der Waals surface area contributed by atoms with Crippen molar-refractivity contribution < 1.29 is 0 Å². The van der Waals surface area contributed by atoms with E-state index in [0.717, 1.165) is 53.2 Å². The van der Waals surface area contributed by atoms with Crippen LogP contribution in [0.4, 0.5) is 11.5 Å². The molecule has 0 bridgehead atoms. The van der Waals surface area contributed by atoms with E-state index in [0.29, 0.717) is 0 Å². The first-order chi connectivity index (χ1) is 13.8. The van der Waals surface area contributed by atoms with Gasteiger partial charge in [-0.2, -0.15) is 5.10 Å². The Bertz CT molecular complexity index is 1060. The number of para-hydroxylation sites is 1. The number of nitrogens with zero attached hydrogens (tertiary/aromatic N) is 3. The molecule has 0 spiro atoms. The van der Waals surface area contributed by atoms with Crippen LogP contribution in [0.15, 0.2) is 72.9 Å². The van der Waals surface area contributed by atoms with Gasteiger partial charge in [0.05, 0.1) is 5.69 Å². The van der Waals surface area contributed by atoms with Crippen LogP contribution in [0, 0.1) is 6.92 Å². The Balaban J connectivity index is 1.49. The van der Waals surface area contributed by atoms with Gasteiger partial charge in [-0.15, -0.1) is 5.10 Å². The molecule has 0 saturated heterocycles. The maximum atomic E-state index is 4.52. The number of nitrogens with one attached hydrogen (secondary N) is 2. The maximum absolute atomic E-state index is 4.52. The number of aryl methyl sites for hydroxylation is 1. The van der Waals surface area contributed by atoms with Crippen LogP contribution < -0.4 is 10.6 Å². The third kappa shape index (κ3) is 4.26. The van der Waals surface area contributed by atoms with Crippen LogP contribution in [-0.4, -0.2) is 28.3 Å². The van der Waals surface area contributed by atoms with Crippen LogP contribution in [0.1, 0.15) is 17.0 Å². The highest BCUT2D eigenvalue weighted by atomic mass is 15.2. The number of fused-ring (bicyclic) bond motifs is 1. The fraction of sp³-hybridized carbons (Fsp3) is 0.174. The van der Waals surface area contributed by atoms with Crippen molar-refractivity contribution in [1.82, 2.24) is 15.2 Å². The first kappa shape index (κ1) is 17.9. The highest BCUT2D eigenvalue weighted by molar-refractivity contribution is 5.93. The zero-order valence-corrected chi connectivity index (χ0v) is 15.9. The SMILES string of the molecule is Cc1cc(Cc2nnc(NCCNc3ccccc3)c3ccccc23)ccn1. The second kappa shape index (κ2) is 8.48. The van der Waals surface area contributed by atoms with Crippen LogP contribution in [0.25, 0.3) is 10.8 Å². The number of hydrogen-bond acceptors (Lipinski definition) is 5. The van der Waals surface area contributed by atoms with E-state index in [1.807, 2.05) is 49.5 Å². The molecule has 4 rings (SSSR count). The Morgan fingerprint density at radius 2 is 1.54 bits per heavy atom. The van der Waals surface area contributed by atoms with Gasteiger partial charge in [0.15, 0.2) is 5.82 Å². The van der Waals surface area contributed by atoms with E-state index in [4.69, 9.17) is 0 Å². The molecule has 28 heavy (non-hydrogen) atoms. The Morgan fingerprint density at radius 3 is 2.36 bits per heavy atom. The fourth-order valence-electron chi connectivity index (χ4n) is 3.27. The van der Waals surface area contributed by atoms with Crippen LogP contribution in [-0.2, 0) is 6.42 Å². The molecular formula is C23H23N5. The average Bonchev–Trinajstić information content (AvgIpc) is 2.73. The predicted octanol–water partition coefficient (Wildman–Crippen LogP) is 4.45. The van der Waals surface area contributed by atoms with Gasteiger partial charge in [0, 0.05) is 47.9 Å². The second-order valence-corrected chi connectivity index (χ2v) is 6.74. The number of anilines is 2. The van der Waals surface area contributed by atoms with Crippen molar-refractivity contribution in [3.63, 3.8) is 0 Å². The van der Waals surface area contributed by atoms with E-state index in [9.17, 15) is 0 Å². The van der Waals surface area contributed by atoms with Gasteiger partial charge in [-0.25, -0.2) is 0 Å². The largest absolute Gasteiger partial charge is 0.383 e. The van der Waals surface area contributed by atoms with E-state index in [1.54, 1.807) is 0 Å². The average molecular weight is 369 g/mol. The molecule has 140 valence electrons. The fourth-order valence-corrected chi connectivity index (χ4v) is 3.27. The van der Waals surface area contributed by atoms with Gasteiger partial charge in [0.1, 0.15) is 0 Å². The maximum Gasteiger partial charge on any atom is 0.156 e. The lowest BCUT2D eigenvalue weighted by Gasteiger charge is -2.12. The van der Waals surface area contributed by atoms with Crippen molar-refractivity contribution in [2.75, 3.05) is 23.7 Å². The number of benzene rings is 2.